The maximum absolute atomic E-state index is 11.2. The molecule has 1 atom stereocenters. The minimum absolute atomic E-state index is 0.238. The molecule has 114 valence electrons. The number of anilines is 1. The van der Waals surface area contributed by atoms with Crippen LogP contribution in [0.25, 0.3) is 0 Å². The highest BCUT2D eigenvalue weighted by Crippen LogP contribution is 2.27. The lowest BCUT2D eigenvalue weighted by molar-refractivity contribution is -0.385. The Hall–Kier alpha value is -2.15. The fourth-order valence-corrected chi connectivity index (χ4v) is 2.74. The molecule has 0 saturated carbocycles. The molecule has 0 amide bonds. The molecule has 1 saturated heterocycles. The van der Waals surface area contributed by atoms with E-state index in [4.69, 9.17) is 5.11 Å². The predicted molar refractivity (Wildman–Crippen MR) is 79.0 cm³/mol. The van der Waals surface area contributed by atoms with Crippen LogP contribution in [0.1, 0.15) is 24.2 Å². The molecule has 1 aromatic rings. The van der Waals surface area contributed by atoms with Crippen molar-refractivity contribution < 1.29 is 14.8 Å². The van der Waals surface area contributed by atoms with Crippen molar-refractivity contribution in [3.8, 4) is 0 Å². The number of rotatable bonds is 4. The van der Waals surface area contributed by atoms with Crippen molar-refractivity contribution in [2.24, 2.45) is 0 Å². The van der Waals surface area contributed by atoms with Gasteiger partial charge in [-0.05, 0) is 25.6 Å². The Kier molecular flexibility index (Phi) is 4.42. The summed E-state index contributed by atoms with van der Waals surface area (Å²) in [6, 6.07) is 4.54. The summed E-state index contributed by atoms with van der Waals surface area (Å²) < 4.78 is 0. The molecule has 0 radical (unpaired) electrons. The van der Waals surface area contributed by atoms with Crippen molar-refractivity contribution in [3.63, 3.8) is 0 Å². The first-order valence-corrected chi connectivity index (χ1v) is 6.94. The van der Waals surface area contributed by atoms with Gasteiger partial charge in [0.05, 0.1) is 4.92 Å². The second-order valence-corrected chi connectivity index (χ2v) is 5.20. The van der Waals surface area contributed by atoms with Crippen molar-refractivity contribution in [2.75, 3.05) is 31.1 Å². The fraction of sp³-hybridized carbons (Fsp3) is 0.500. The van der Waals surface area contributed by atoms with E-state index in [1.54, 1.807) is 6.07 Å². The Morgan fingerprint density at radius 1 is 1.48 bits per heavy atom. The normalized spacial score (nSPS) is 19.5. The monoisotopic (exact) mass is 293 g/mol. The minimum Gasteiger partial charge on any atom is -0.477 e. The molecular weight excluding hydrogens is 274 g/mol. The third kappa shape index (κ3) is 3.13. The van der Waals surface area contributed by atoms with E-state index in [1.807, 2.05) is 0 Å². The lowest BCUT2D eigenvalue weighted by Gasteiger charge is -2.41. The topological polar surface area (TPSA) is 86.9 Å². The molecule has 1 heterocycles. The third-order valence-corrected chi connectivity index (χ3v) is 3.90. The van der Waals surface area contributed by atoms with Crippen molar-refractivity contribution in [2.45, 2.75) is 19.9 Å². The van der Waals surface area contributed by atoms with E-state index in [0.29, 0.717) is 0 Å². The quantitative estimate of drug-likeness (QED) is 0.673. The molecule has 1 N–H and O–H groups in total. The SMILES string of the molecule is CCN1CCN(c2ccc([N+](=O)[O-])c(C(=O)O)c2)[C@@H](C)C1. The van der Waals surface area contributed by atoms with Crippen LogP contribution in [-0.2, 0) is 0 Å². The van der Waals surface area contributed by atoms with Gasteiger partial charge in [-0.2, -0.15) is 0 Å². The van der Waals surface area contributed by atoms with Crippen LogP contribution in [0.15, 0.2) is 18.2 Å². The van der Waals surface area contributed by atoms with Crippen LogP contribution in [-0.4, -0.2) is 53.1 Å². The second kappa shape index (κ2) is 6.09. The summed E-state index contributed by atoms with van der Waals surface area (Å²) in [5.74, 6) is -1.27. The van der Waals surface area contributed by atoms with Crippen LogP contribution in [0.5, 0.6) is 0 Å². The summed E-state index contributed by atoms with van der Waals surface area (Å²) in [5.41, 5.74) is 0.0926. The standard InChI is InChI=1S/C14H19N3O4/c1-3-15-6-7-16(10(2)9-15)11-4-5-13(17(20)21)12(8-11)14(18)19/h4-5,8,10H,3,6-7,9H2,1-2H3,(H,18,19)/t10-/m0/s1. The van der Waals surface area contributed by atoms with Gasteiger partial charge in [-0.1, -0.05) is 6.92 Å². The first-order valence-electron chi connectivity index (χ1n) is 6.94. The van der Waals surface area contributed by atoms with Gasteiger partial charge in [0.1, 0.15) is 5.56 Å². The van der Waals surface area contributed by atoms with Crippen molar-refractivity contribution in [1.82, 2.24) is 4.90 Å². The molecule has 0 spiro atoms. The Labute approximate surface area is 122 Å². The number of carboxylic acids is 1. The molecule has 21 heavy (non-hydrogen) atoms. The number of carbonyl (C=O) groups is 1. The maximum Gasteiger partial charge on any atom is 0.342 e. The number of nitro groups is 1. The van der Waals surface area contributed by atoms with Crippen LogP contribution in [0.3, 0.4) is 0 Å². The lowest BCUT2D eigenvalue weighted by Crippen LogP contribution is -2.51. The molecule has 1 aromatic carbocycles. The van der Waals surface area contributed by atoms with E-state index in [0.717, 1.165) is 31.9 Å². The van der Waals surface area contributed by atoms with Gasteiger partial charge in [0, 0.05) is 37.4 Å². The number of nitrogens with zero attached hydrogens (tertiary/aromatic N) is 3. The lowest BCUT2D eigenvalue weighted by atomic mass is 10.1. The Bertz CT molecular complexity index is 561. The number of carboxylic acid groups (broad SMARTS) is 1. The van der Waals surface area contributed by atoms with Crippen LogP contribution in [0.4, 0.5) is 11.4 Å². The number of piperazine rings is 1. The van der Waals surface area contributed by atoms with Crippen LogP contribution in [0, 0.1) is 10.1 Å². The van der Waals surface area contributed by atoms with Gasteiger partial charge in [0.25, 0.3) is 5.69 Å². The molecule has 2 rings (SSSR count). The molecule has 0 unspecified atom stereocenters. The number of hydrogen-bond donors (Lipinski definition) is 1. The largest absolute Gasteiger partial charge is 0.477 e. The van der Waals surface area contributed by atoms with E-state index in [9.17, 15) is 14.9 Å². The van der Waals surface area contributed by atoms with Crippen LogP contribution >= 0.6 is 0 Å². The van der Waals surface area contributed by atoms with E-state index in [2.05, 4.69) is 23.6 Å². The first-order chi connectivity index (χ1) is 9.93. The zero-order valence-corrected chi connectivity index (χ0v) is 12.2. The fourth-order valence-electron chi connectivity index (χ4n) is 2.74. The molecule has 1 aliphatic rings. The Morgan fingerprint density at radius 2 is 2.19 bits per heavy atom. The van der Waals surface area contributed by atoms with E-state index >= 15 is 0 Å². The van der Waals surface area contributed by atoms with E-state index < -0.39 is 10.9 Å². The van der Waals surface area contributed by atoms with Crippen molar-refractivity contribution in [3.05, 3.63) is 33.9 Å². The highest BCUT2D eigenvalue weighted by atomic mass is 16.6. The van der Waals surface area contributed by atoms with Crippen molar-refractivity contribution >= 4 is 17.3 Å². The summed E-state index contributed by atoms with van der Waals surface area (Å²) in [6.45, 7) is 7.75. The minimum atomic E-state index is -1.27. The highest BCUT2D eigenvalue weighted by molar-refractivity contribution is 5.93. The average Bonchev–Trinajstić information content (AvgIpc) is 2.46. The molecule has 0 aromatic heterocycles. The van der Waals surface area contributed by atoms with Crippen molar-refractivity contribution in [1.29, 1.82) is 0 Å². The first kappa shape index (κ1) is 15.2. The number of hydrogen-bond acceptors (Lipinski definition) is 5. The number of nitro benzene ring substituents is 1. The Morgan fingerprint density at radius 3 is 2.71 bits per heavy atom. The van der Waals surface area contributed by atoms with Gasteiger partial charge >= 0.3 is 5.97 Å². The summed E-state index contributed by atoms with van der Waals surface area (Å²) in [7, 11) is 0. The summed E-state index contributed by atoms with van der Waals surface area (Å²) in [6.07, 6.45) is 0. The molecule has 0 aliphatic carbocycles. The summed E-state index contributed by atoms with van der Waals surface area (Å²) >= 11 is 0. The summed E-state index contributed by atoms with van der Waals surface area (Å²) in [4.78, 5) is 25.9. The van der Waals surface area contributed by atoms with Crippen LogP contribution < -0.4 is 4.90 Å². The molecule has 7 nitrogen and oxygen atoms in total. The van der Waals surface area contributed by atoms with Gasteiger partial charge in [-0.25, -0.2) is 4.79 Å². The zero-order chi connectivity index (χ0) is 15.6. The van der Waals surface area contributed by atoms with Gasteiger partial charge in [-0.3, -0.25) is 15.0 Å². The van der Waals surface area contributed by atoms with Gasteiger partial charge in [0.2, 0.25) is 0 Å². The van der Waals surface area contributed by atoms with Crippen LogP contribution in [0.2, 0.25) is 0 Å². The van der Waals surface area contributed by atoms with Gasteiger partial charge in [0.15, 0.2) is 0 Å². The number of aromatic carboxylic acids is 1. The maximum atomic E-state index is 11.2. The van der Waals surface area contributed by atoms with E-state index in [-0.39, 0.29) is 17.3 Å². The smallest absolute Gasteiger partial charge is 0.342 e. The van der Waals surface area contributed by atoms with E-state index in [1.165, 1.54) is 12.1 Å². The number of benzene rings is 1. The van der Waals surface area contributed by atoms with Gasteiger partial charge in [-0.15, -0.1) is 0 Å². The highest BCUT2D eigenvalue weighted by Gasteiger charge is 2.26. The third-order valence-electron chi connectivity index (χ3n) is 3.90. The molecule has 0 bridgehead atoms. The molecule has 1 fully saturated rings. The average molecular weight is 293 g/mol. The molecule has 7 heteroatoms. The second-order valence-electron chi connectivity index (χ2n) is 5.20. The molecule has 1 aliphatic heterocycles. The van der Waals surface area contributed by atoms with Gasteiger partial charge < -0.3 is 10.0 Å². The molecular formula is C14H19N3O4. The zero-order valence-electron chi connectivity index (χ0n) is 12.2. The number of likely N-dealkylation sites (N-methyl/N-ethyl adjacent to an activating group) is 1. The predicted octanol–water partition coefficient (Wildman–Crippen LogP) is 1.82. The summed E-state index contributed by atoms with van der Waals surface area (Å²) in [5, 5.41) is 20.0. The Balaban J connectivity index is 2.31.